The van der Waals surface area contributed by atoms with Crippen molar-refractivity contribution in [2.75, 3.05) is 44.2 Å². The average Bonchev–Trinajstić information content (AvgIpc) is 3.26. The van der Waals surface area contributed by atoms with Crippen LogP contribution in [0.15, 0.2) is 38.4 Å². The summed E-state index contributed by atoms with van der Waals surface area (Å²) in [6, 6.07) is 3.91. The number of hydrogen-bond acceptors (Lipinski definition) is 7. The van der Waals surface area contributed by atoms with Crippen molar-refractivity contribution in [2.45, 2.75) is 32.6 Å². The van der Waals surface area contributed by atoms with E-state index in [0.29, 0.717) is 24.3 Å². The van der Waals surface area contributed by atoms with Gasteiger partial charge in [-0.1, -0.05) is 19.9 Å². The number of rotatable bonds is 4. The molecule has 2 aromatic heterocycles. The van der Waals surface area contributed by atoms with E-state index in [4.69, 9.17) is 0 Å². The fourth-order valence-corrected chi connectivity index (χ4v) is 6.12. The van der Waals surface area contributed by atoms with Gasteiger partial charge in [-0.05, 0) is 23.3 Å². The molecule has 0 bridgehead atoms. The number of fused-ring (bicyclic) bond motifs is 1. The van der Waals surface area contributed by atoms with Crippen LogP contribution in [0.2, 0.25) is 0 Å². The molecule has 3 N–H and O–H groups in total. The summed E-state index contributed by atoms with van der Waals surface area (Å²) in [6.45, 7) is 9.46. The Kier molecular flexibility index (Phi) is 5.43. The van der Waals surface area contributed by atoms with E-state index in [-0.39, 0.29) is 11.2 Å². The number of anilines is 1. The van der Waals surface area contributed by atoms with Crippen LogP contribution in [0.1, 0.15) is 43.0 Å². The minimum Gasteiger partial charge on any atom is -0.329 e. The van der Waals surface area contributed by atoms with Crippen LogP contribution < -0.4 is 21.5 Å². The molecule has 0 saturated carbocycles. The van der Waals surface area contributed by atoms with Gasteiger partial charge in [-0.2, -0.15) is 0 Å². The van der Waals surface area contributed by atoms with E-state index in [1.807, 2.05) is 22.4 Å². The van der Waals surface area contributed by atoms with Crippen molar-refractivity contribution >= 4 is 22.9 Å². The molecule has 32 heavy (non-hydrogen) atoms. The van der Waals surface area contributed by atoms with Gasteiger partial charge in [-0.25, -0.2) is 4.79 Å². The second kappa shape index (κ2) is 8.13. The van der Waals surface area contributed by atoms with Crippen molar-refractivity contribution in [3.63, 3.8) is 0 Å². The summed E-state index contributed by atoms with van der Waals surface area (Å²) in [4.78, 5) is 49.6. The fourth-order valence-electron chi connectivity index (χ4n) is 5.28. The normalized spacial score (nSPS) is 23.2. The zero-order valence-electron chi connectivity index (χ0n) is 18.5. The predicted octanol–water partition coefficient (Wildman–Crippen LogP) is 1.62. The Morgan fingerprint density at radius 2 is 1.88 bits per heavy atom. The molecule has 3 aliphatic rings. The van der Waals surface area contributed by atoms with Gasteiger partial charge in [0.25, 0.3) is 5.56 Å². The zero-order valence-corrected chi connectivity index (χ0v) is 19.3. The number of piperazine rings is 1. The van der Waals surface area contributed by atoms with E-state index in [0.717, 1.165) is 55.3 Å². The summed E-state index contributed by atoms with van der Waals surface area (Å²) in [6.07, 6.45) is 1.18. The average molecular weight is 456 g/mol. The molecule has 1 unspecified atom stereocenters. The van der Waals surface area contributed by atoms with Gasteiger partial charge < -0.3 is 10.2 Å². The first-order valence-corrected chi connectivity index (χ1v) is 12.1. The number of carbonyl (C=O) groups is 1. The van der Waals surface area contributed by atoms with E-state index in [1.165, 1.54) is 11.3 Å². The second-order valence-electron chi connectivity index (χ2n) is 9.66. The third kappa shape index (κ3) is 3.78. The SMILES string of the molecule is CC1(C)CC(=O)C2=C(C1)N(CCN1CCNCC1)c1[nH]c(=O)[nH]c(=O)c1C2c1cccs1. The largest absolute Gasteiger partial charge is 0.329 e. The van der Waals surface area contributed by atoms with Crippen LogP contribution in [0.25, 0.3) is 0 Å². The molecule has 1 aliphatic carbocycles. The number of allylic oxidation sites excluding steroid dienone is 2. The molecule has 0 spiro atoms. The van der Waals surface area contributed by atoms with Crippen LogP contribution >= 0.6 is 11.3 Å². The molecule has 0 aromatic carbocycles. The van der Waals surface area contributed by atoms with Gasteiger partial charge in [-0.3, -0.25) is 24.5 Å². The standard InChI is InChI=1S/C23H29N5O3S/c1-23(2)12-14-17(15(29)13-23)18(16-4-3-11-32-16)19-20(25-22(31)26-21(19)30)28(14)10-9-27-7-5-24-6-8-27/h3-4,11,18,24H,5-10,12-13H2,1-2H3,(H2,25,26,30,31). The zero-order chi connectivity index (χ0) is 22.5. The number of thiophene rings is 1. The highest BCUT2D eigenvalue weighted by molar-refractivity contribution is 7.10. The molecule has 0 radical (unpaired) electrons. The van der Waals surface area contributed by atoms with Crippen LogP contribution in [-0.2, 0) is 4.79 Å². The van der Waals surface area contributed by atoms with Gasteiger partial charge in [-0.15, -0.1) is 11.3 Å². The number of nitrogens with one attached hydrogen (secondary N) is 3. The van der Waals surface area contributed by atoms with Crippen LogP contribution in [-0.4, -0.2) is 59.9 Å². The second-order valence-corrected chi connectivity index (χ2v) is 10.6. The van der Waals surface area contributed by atoms with Crippen LogP contribution in [0.3, 0.4) is 0 Å². The minimum atomic E-state index is -0.517. The molecule has 170 valence electrons. The Morgan fingerprint density at radius 1 is 1.09 bits per heavy atom. The number of aromatic nitrogens is 2. The summed E-state index contributed by atoms with van der Waals surface area (Å²) in [5, 5.41) is 5.33. The van der Waals surface area contributed by atoms with Crippen molar-refractivity contribution in [1.82, 2.24) is 20.2 Å². The first kappa shape index (κ1) is 21.4. The number of ketones is 1. The Labute approximate surface area is 190 Å². The van der Waals surface area contributed by atoms with Crippen molar-refractivity contribution < 1.29 is 4.79 Å². The summed E-state index contributed by atoms with van der Waals surface area (Å²) in [7, 11) is 0. The molecule has 9 heteroatoms. The van der Waals surface area contributed by atoms with Crippen molar-refractivity contribution in [2.24, 2.45) is 5.41 Å². The lowest BCUT2D eigenvalue weighted by Crippen LogP contribution is -2.49. The predicted molar refractivity (Wildman–Crippen MR) is 126 cm³/mol. The molecule has 2 aliphatic heterocycles. The lowest BCUT2D eigenvalue weighted by Gasteiger charge is -2.44. The maximum atomic E-state index is 13.5. The van der Waals surface area contributed by atoms with E-state index < -0.39 is 17.2 Å². The Balaban J connectivity index is 1.67. The molecule has 1 atom stereocenters. The van der Waals surface area contributed by atoms with Crippen LogP contribution in [0.5, 0.6) is 0 Å². The number of hydrogen-bond donors (Lipinski definition) is 3. The summed E-state index contributed by atoms with van der Waals surface area (Å²) in [5.41, 5.74) is 1.03. The minimum absolute atomic E-state index is 0.0954. The van der Waals surface area contributed by atoms with Gasteiger partial charge in [0, 0.05) is 61.8 Å². The molecule has 8 nitrogen and oxygen atoms in total. The third-order valence-corrected chi connectivity index (χ3v) is 7.64. The number of Topliss-reactive ketones (excluding diaryl/α,β-unsaturated/α-hetero) is 1. The Morgan fingerprint density at radius 3 is 2.59 bits per heavy atom. The first-order chi connectivity index (χ1) is 15.3. The topological polar surface area (TPSA) is 101 Å². The molecular weight excluding hydrogens is 426 g/mol. The molecule has 2 aromatic rings. The fraction of sp³-hybridized carbons (Fsp3) is 0.522. The van der Waals surface area contributed by atoms with E-state index in [1.54, 1.807) is 0 Å². The molecule has 0 amide bonds. The van der Waals surface area contributed by atoms with E-state index in [2.05, 4.69) is 34.0 Å². The number of carbonyl (C=O) groups excluding carboxylic acids is 1. The smallest absolute Gasteiger partial charge is 0.327 e. The highest BCUT2D eigenvalue weighted by Crippen LogP contribution is 2.50. The molecular formula is C23H29N5O3S. The molecule has 5 rings (SSSR count). The quantitative estimate of drug-likeness (QED) is 0.648. The van der Waals surface area contributed by atoms with Crippen LogP contribution in [0.4, 0.5) is 5.82 Å². The van der Waals surface area contributed by atoms with Gasteiger partial charge >= 0.3 is 5.69 Å². The van der Waals surface area contributed by atoms with Crippen LogP contribution in [0, 0.1) is 5.41 Å². The van der Waals surface area contributed by atoms with Gasteiger partial charge in [0.1, 0.15) is 5.82 Å². The number of aromatic amines is 2. The van der Waals surface area contributed by atoms with E-state index in [9.17, 15) is 14.4 Å². The summed E-state index contributed by atoms with van der Waals surface area (Å²) in [5.74, 6) is 0.189. The van der Waals surface area contributed by atoms with Crippen molar-refractivity contribution in [3.8, 4) is 0 Å². The van der Waals surface area contributed by atoms with Gasteiger partial charge in [0.15, 0.2) is 5.78 Å². The summed E-state index contributed by atoms with van der Waals surface area (Å²) < 4.78 is 0. The van der Waals surface area contributed by atoms with Crippen molar-refractivity contribution in [3.05, 3.63) is 60.1 Å². The Hall–Kier alpha value is -2.49. The lowest BCUT2D eigenvalue weighted by molar-refractivity contribution is -0.118. The Bertz CT molecular complexity index is 1170. The maximum Gasteiger partial charge on any atom is 0.327 e. The van der Waals surface area contributed by atoms with Gasteiger partial charge in [0.05, 0.1) is 11.5 Å². The molecule has 1 fully saturated rings. The molecule has 1 saturated heterocycles. The summed E-state index contributed by atoms with van der Waals surface area (Å²) >= 11 is 1.54. The monoisotopic (exact) mass is 455 g/mol. The highest BCUT2D eigenvalue weighted by Gasteiger charge is 2.45. The lowest BCUT2D eigenvalue weighted by atomic mass is 9.70. The van der Waals surface area contributed by atoms with Crippen molar-refractivity contribution in [1.29, 1.82) is 0 Å². The highest BCUT2D eigenvalue weighted by atomic mass is 32.1. The maximum absolute atomic E-state index is 13.5. The first-order valence-electron chi connectivity index (χ1n) is 11.2. The number of H-pyrrole nitrogens is 2. The van der Waals surface area contributed by atoms with E-state index >= 15 is 0 Å². The number of nitrogens with zero attached hydrogens (tertiary/aromatic N) is 2. The third-order valence-electron chi connectivity index (χ3n) is 6.71. The van der Waals surface area contributed by atoms with Gasteiger partial charge in [0.2, 0.25) is 0 Å². The molecule has 4 heterocycles.